The molecule has 0 unspecified atom stereocenters. The molecule has 0 aliphatic heterocycles. The minimum atomic E-state index is -0.213. The molecule has 0 atom stereocenters. The Morgan fingerprint density at radius 2 is 1.87 bits per heavy atom. The van der Waals surface area contributed by atoms with Crippen molar-refractivity contribution in [3.05, 3.63) is 63.9 Å². The highest BCUT2D eigenvalue weighted by molar-refractivity contribution is 9.10. The maximum Gasteiger partial charge on any atom is 0.224 e. The average Bonchev–Trinajstić information content (AvgIpc) is 2.52. The number of hydrogen-bond acceptors (Lipinski definition) is 2. The van der Waals surface area contributed by atoms with Gasteiger partial charge in [-0.1, -0.05) is 35.0 Å². The smallest absolute Gasteiger partial charge is 0.224 e. The van der Waals surface area contributed by atoms with Gasteiger partial charge < -0.3 is 10.6 Å². The molecule has 0 spiro atoms. The number of hydrogen-bond donors (Lipinski definition) is 2. The number of carbonyl (C=O) groups is 1. The van der Waals surface area contributed by atoms with Crippen LogP contribution in [0.4, 0.5) is 10.1 Å². The quantitative estimate of drug-likeness (QED) is 0.737. The van der Waals surface area contributed by atoms with Gasteiger partial charge >= 0.3 is 0 Å². The van der Waals surface area contributed by atoms with E-state index < -0.39 is 0 Å². The van der Waals surface area contributed by atoms with Crippen LogP contribution in [-0.2, 0) is 17.9 Å². The van der Waals surface area contributed by atoms with Crippen molar-refractivity contribution in [2.24, 2.45) is 0 Å². The first-order chi connectivity index (χ1) is 11.1. The van der Waals surface area contributed by atoms with E-state index >= 15 is 0 Å². The highest BCUT2D eigenvalue weighted by atomic mass is 79.9. The highest BCUT2D eigenvalue weighted by Gasteiger charge is 2.03. The molecule has 5 heteroatoms. The summed E-state index contributed by atoms with van der Waals surface area (Å²) in [6.45, 7) is 3.07. The Labute approximate surface area is 144 Å². The lowest BCUT2D eigenvalue weighted by molar-refractivity contribution is -0.116. The van der Waals surface area contributed by atoms with Crippen molar-refractivity contribution in [1.29, 1.82) is 0 Å². The SMILES string of the molecule is CCCC(=O)Nc1ccc(CNCc2cc(Br)ccc2F)cc1. The van der Waals surface area contributed by atoms with Gasteiger partial charge in [-0.15, -0.1) is 0 Å². The van der Waals surface area contributed by atoms with E-state index in [2.05, 4.69) is 26.6 Å². The van der Waals surface area contributed by atoms with Crippen molar-refractivity contribution in [1.82, 2.24) is 5.32 Å². The largest absolute Gasteiger partial charge is 0.326 e. The van der Waals surface area contributed by atoms with Gasteiger partial charge in [-0.3, -0.25) is 4.79 Å². The Morgan fingerprint density at radius 3 is 2.57 bits per heavy atom. The summed E-state index contributed by atoms with van der Waals surface area (Å²) in [6, 6.07) is 12.6. The summed E-state index contributed by atoms with van der Waals surface area (Å²) in [6.07, 6.45) is 1.36. The van der Waals surface area contributed by atoms with Crippen molar-refractivity contribution >= 4 is 27.5 Å². The molecule has 0 heterocycles. The third-order valence-electron chi connectivity index (χ3n) is 3.37. The molecule has 23 heavy (non-hydrogen) atoms. The first-order valence-corrected chi connectivity index (χ1v) is 8.41. The van der Waals surface area contributed by atoms with E-state index in [4.69, 9.17) is 0 Å². The Hall–Kier alpha value is -1.72. The Morgan fingerprint density at radius 1 is 1.13 bits per heavy atom. The van der Waals surface area contributed by atoms with Gasteiger partial charge in [0.15, 0.2) is 0 Å². The molecule has 2 aromatic rings. The highest BCUT2D eigenvalue weighted by Crippen LogP contribution is 2.16. The van der Waals surface area contributed by atoms with Gasteiger partial charge in [0, 0.05) is 35.2 Å². The summed E-state index contributed by atoms with van der Waals surface area (Å²) in [4.78, 5) is 11.5. The summed E-state index contributed by atoms with van der Waals surface area (Å²) in [5, 5.41) is 6.07. The van der Waals surface area contributed by atoms with E-state index in [1.165, 1.54) is 6.07 Å². The zero-order chi connectivity index (χ0) is 16.7. The van der Waals surface area contributed by atoms with Crippen molar-refractivity contribution < 1.29 is 9.18 Å². The monoisotopic (exact) mass is 378 g/mol. The van der Waals surface area contributed by atoms with Crippen LogP contribution in [0.3, 0.4) is 0 Å². The molecule has 0 saturated heterocycles. The second-order valence-corrected chi connectivity index (χ2v) is 6.25. The fourth-order valence-corrected chi connectivity index (χ4v) is 2.59. The Balaban J connectivity index is 1.84. The number of anilines is 1. The normalized spacial score (nSPS) is 10.6. The molecule has 0 aliphatic carbocycles. The summed E-state index contributed by atoms with van der Waals surface area (Å²) >= 11 is 3.34. The van der Waals surface area contributed by atoms with Crippen molar-refractivity contribution in [3.63, 3.8) is 0 Å². The minimum Gasteiger partial charge on any atom is -0.326 e. The van der Waals surface area contributed by atoms with Crippen LogP contribution in [0.1, 0.15) is 30.9 Å². The Kier molecular flexibility index (Phi) is 6.74. The lowest BCUT2D eigenvalue weighted by Crippen LogP contribution is -2.14. The lowest BCUT2D eigenvalue weighted by atomic mass is 10.2. The molecule has 0 fully saturated rings. The summed E-state index contributed by atoms with van der Waals surface area (Å²) in [5.74, 6) is -0.182. The molecule has 1 amide bonds. The maximum absolute atomic E-state index is 13.6. The van der Waals surface area contributed by atoms with E-state index in [1.807, 2.05) is 31.2 Å². The predicted octanol–water partition coefficient (Wildman–Crippen LogP) is 4.62. The Bertz CT molecular complexity index is 659. The number of carbonyl (C=O) groups excluding carboxylic acids is 1. The fraction of sp³-hybridized carbons (Fsp3) is 0.278. The number of amides is 1. The zero-order valence-corrected chi connectivity index (χ0v) is 14.6. The predicted molar refractivity (Wildman–Crippen MR) is 94.6 cm³/mol. The van der Waals surface area contributed by atoms with Gasteiger partial charge in [-0.25, -0.2) is 4.39 Å². The van der Waals surface area contributed by atoms with Crippen molar-refractivity contribution in [3.8, 4) is 0 Å². The molecule has 122 valence electrons. The van der Waals surface area contributed by atoms with Crippen LogP contribution in [0.15, 0.2) is 46.9 Å². The standard InChI is InChI=1S/C18H20BrFN2O/c1-2-3-18(23)22-16-7-4-13(5-8-16)11-21-12-14-10-15(19)6-9-17(14)20/h4-10,21H,2-3,11-12H2,1H3,(H,22,23). The molecule has 3 nitrogen and oxygen atoms in total. The van der Waals surface area contributed by atoms with Gasteiger partial charge in [0.2, 0.25) is 5.91 Å². The number of halogens is 2. The number of nitrogens with one attached hydrogen (secondary N) is 2. The molecule has 0 aromatic heterocycles. The first kappa shape index (κ1) is 17.6. The molecular weight excluding hydrogens is 359 g/mol. The van der Waals surface area contributed by atoms with Crippen LogP contribution in [0.2, 0.25) is 0 Å². The minimum absolute atomic E-state index is 0.0310. The van der Waals surface area contributed by atoms with Crippen LogP contribution in [0, 0.1) is 5.82 Å². The van der Waals surface area contributed by atoms with Crippen LogP contribution in [-0.4, -0.2) is 5.91 Å². The molecule has 2 N–H and O–H groups in total. The number of benzene rings is 2. The van der Waals surface area contributed by atoms with Crippen molar-refractivity contribution in [2.75, 3.05) is 5.32 Å². The topological polar surface area (TPSA) is 41.1 Å². The summed E-state index contributed by atoms with van der Waals surface area (Å²) in [7, 11) is 0. The maximum atomic E-state index is 13.6. The molecular formula is C18H20BrFN2O. The van der Waals surface area contributed by atoms with E-state index in [-0.39, 0.29) is 11.7 Å². The zero-order valence-electron chi connectivity index (χ0n) is 13.0. The van der Waals surface area contributed by atoms with Gasteiger partial charge in [0.05, 0.1) is 0 Å². The number of rotatable bonds is 7. The summed E-state index contributed by atoms with van der Waals surface area (Å²) in [5.41, 5.74) is 2.50. The van der Waals surface area contributed by atoms with Crippen molar-refractivity contribution in [2.45, 2.75) is 32.9 Å². The first-order valence-electron chi connectivity index (χ1n) is 7.62. The van der Waals surface area contributed by atoms with Crippen LogP contribution >= 0.6 is 15.9 Å². The molecule has 0 aliphatic rings. The van der Waals surface area contributed by atoms with Gasteiger partial charge in [0.1, 0.15) is 5.82 Å². The van der Waals surface area contributed by atoms with E-state index in [0.29, 0.717) is 25.1 Å². The van der Waals surface area contributed by atoms with E-state index in [9.17, 15) is 9.18 Å². The van der Waals surface area contributed by atoms with E-state index in [1.54, 1.807) is 12.1 Å². The molecule has 0 bridgehead atoms. The van der Waals surface area contributed by atoms with Crippen LogP contribution in [0.5, 0.6) is 0 Å². The summed E-state index contributed by atoms with van der Waals surface area (Å²) < 4.78 is 14.5. The third kappa shape index (κ3) is 5.77. The molecule has 0 radical (unpaired) electrons. The van der Waals surface area contributed by atoms with Gasteiger partial charge in [0.25, 0.3) is 0 Å². The lowest BCUT2D eigenvalue weighted by Gasteiger charge is -2.08. The van der Waals surface area contributed by atoms with Gasteiger partial charge in [-0.05, 0) is 42.3 Å². The average molecular weight is 379 g/mol. The van der Waals surface area contributed by atoms with Gasteiger partial charge in [-0.2, -0.15) is 0 Å². The van der Waals surface area contributed by atoms with Crippen LogP contribution < -0.4 is 10.6 Å². The second-order valence-electron chi connectivity index (χ2n) is 5.33. The van der Waals surface area contributed by atoms with Crippen LogP contribution in [0.25, 0.3) is 0 Å². The molecule has 0 saturated carbocycles. The molecule has 2 rings (SSSR count). The third-order valence-corrected chi connectivity index (χ3v) is 3.86. The fourth-order valence-electron chi connectivity index (χ4n) is 2.18. The van der Waals surface area contributed by atoms with E-state index in [0.717, 1.165) is 22.1 Å². The molecule has 2 aromatic carbocycles. The second kappa shape index (κ2) is 8.79.